The second-order valence-electron chi connectivity index (χ2n) is 6.22. The van der Waals surface area contributed by atoms with Gasteiger partial charge in [-0.05, 0) is 62.9 Å². The number of benzene rings is 1. The van der Waals surface area contributed by atoms with Crippen LogP contribution in [0.1, 0.15) is 42.7 Å². The second kappa shape index (κ2) is 4.67. The Hall–Kier alpha value is -0.860. The van der Waals surface area contributed by atoms with Crippen molar-refractivity contribution in [2.45, 2.75) is 43.6 Å². The summed E-state index contributed by atoms with van der Waals surface area (Å²) in [6, 6.07) is 8.91. The summed E-state index contributed by atoms with van der Waals surface area (Å²) in [7, 11) is 2.20. The number of rotatable bonds is 3. The molecule has 0 spiro atoms. The zero-order chi connectivity index (χ0) is 12.6. The van der Waals surface area contributed by atoms with Gasteiger partial charge in [-0.3, -0.25) is 0 Å². The lowest BCUT2D eigenvalue weighted by Crippen LogP contribution is -2.29. The molecule has 1 saturated heterocycles. The predicted molar refractivity (Wildman–Crippen MR) is 73.8 cm³/mol. The molecule has 1 aliphatic carbocycles. The van der Waals surface area contributed by atoms with Crippen LogP contribution >= 0.6 is 0 Å². The quantitative estimate of drug-likeness (QED) is 0.884. The maximum atomic E-state index is 10.0. The van der Waals surface area contributed by atoms with Crippen molar-refractivity contribution in [3.8, 4) is 0 Å². The minimum absolute atomic E-state index is 0.370. The smallest absolute Gasteiger partial charge is 0.0690 e. The molecular formula is C16H23NO. The first-order valence-corrected chi connectivity index (χ1v) is 7.14. The van der Waals surface area contributed by atoms with Gasteiger partial charge in [0, 0.05) is 6.42 Å². The molecule has 2 heteroatoms. The highest BCUT2D eigenvalue weighted by atomic mass is 16.3. The summed E-state index contributed by atoms with van der Waals surface area (Å²) in [6.07, 6.45) is 5.33. The first-order chi connectivity index (χ1) is 8.65. The number of likely N-dealkylation sites (tertiary alicyclic amines) is 1. The zero-order valence-corrected chi connectivity index (χ0v) is 11.2. The third kappa shape index (κ3) is 2.76. The van der Waals surface area contributed by atoms with Crippen molar-refractivity contribution in [3.05, 3.63) is 35.4 Å². The van der Waals surface area contributed by atoms with Crippen molar-refractivity contribution < 1.29 is 5.11 Å². The van der Waals surface area contributed by atoms with Crippen LogP contribution in [0.4, 0.5) is 0 Å². The third-order valence-corrected chi connectivity index (χ3v) is 4.50. The summed E-state index contributed by atoms with van der Waals surface area (Å²) in [5.74, 6) is 0.718. The molecule has 0 unspecified atom stereocenters. The summed E-state index contributed by atoms with van der Waals surface area (Å²) in [5, 5.41) is 10.0. The molecule has 0 atom stereocenters. The molecule has 1 aliphatic heterocycles. The lowest BCUT2D eigenvalue weighted by Gasteiger charge is -2.29. The van der Waals surface area contributed by atoms with Crippen molar-refractivity contribution in [2.75, 3.05) is 20.1 Å². The Labute approximate surface area is 110 Å². The monoisotopic (exact) mass is 245 g/mol. The summed E-state index contributed by atoms with van der Waals surface area (Å²) in [6.45, 7) is 2.41. The van der Waals surface area contributed by atoms with Gasteiger partial charge in [0.2, 0.25) is 0 Å². The number of nitrogens with zero attached hydrogens (tertiary/aromatic N) is 1. The summed E-state index contributed by atoms with van der Waals surface area (Å²) in [4.78, 5) is 2.41. The van der Waals surface area contributed by atoms with Gasteiger partial charge in [-0.1, -0.05) is 24.3 Å². The fraction of sp³-hybridized carbons (Fsp3) is 0.625. The van der Waals surface area contributed by atoms with Gasteiger partial charge in [0.15, 0.2) is 0 Å². The van der Waals surface area contributed by atoms with Crippen LogP contribution in [0.15, 0.2) is 24.3 Å². The number of hydrogen-bond acceptors (Lipinski definition) is 2. The van der Waals surface area contributed by atoms with Crippen LogP contribution in [0.25, 0.3) is 0 Å². The molecule has 18 heavy (non-hydrogen) atoms. The van der Waals surface area contributed by atoms with Crippen molar-refractivity contribution in [3.63, 3.8) is 0 Å². The summed E-state index contributed by atoms with van der Waals surface area (Å²) < 4.78 is 0. The van der Waals surface area contributed by atoms with Crippen LogP contribution < -0.4 is 0 Å². The molecule has 1 aromatic carbocycles. The Kier molecular flexibility index (Phi) is 3.16. The molecule has 0 amide bonds. The largest absolute Gasteiger partial charge is 0.390 e. The SMILES string of the molecule is CN1CCC(c2cccc(CC3(O)CC3)c2)CC1. The van der Waals surface area contributed by atoms with E-state index in [9.17, 15) is 5.11 Å². The van der Waals surface area contributed by atoms with Crippen LogP contribution in [0.5, 0.6) is 0 Å². The maximum absolute atomic E-state index is 10.0. The Balaban J connectivity index is 1.70. The molecule has 2 nitrogen and oxygen atoms in total. The van der Waals surface area contributed by atoms with E-state index in [1.165, 1.54) is 37.1 Å². The highest BCUT2D eigenvalue weighted by Gasteiger charge is 2.40. The highest BCUT2D eigenvalue weighted by Crippen LogP contribution is 2.38. The minimum Gasteiger partial charge on any atom is -0.390 e. The molecule has 1 aromatic rings. The third-order valence-electron chi connectivity index (χ3n) is 4.50. The van der Waals surface area contributed by atoms with Crippen LogP contribution in [-0.2, 0) is 6.42 Å². The summed E-state index contributed by atoms with van der Waals surface area (Å²) >= 11 is 0. The summed E-state index contributed by atoms with van der Waals surface area (Å²) in [5.41, 5.74) is 2.42. The van der Waals surface area contributed by atoms with Gasteiger partial charge in [-0.25, -0.2) is 0 Å². The molecule has 3 rings (SSSR count). The van der Waals surface area contributed by atoms with Crippen LogP contribution in [0, 0.1) is 0 Å². The number of hydrogen-bond donors (Lipinski definition) is 1. The van der Waals surface area contributed by atoms with E-state index >= 15 is 0 Å². The Morgan fingerprint density at radius 3 is 2.67 bits per heavy atom. The normalized spacial score (nSPS) is 24.1. The van der Waals surface area contributed by atoms with Gasteiger partial charge in [0.05, 0.1) is 5.60 Å². The van der Waals surface area contributed by atoms with E-state index in [0.29, 0.717) is 0 Å². The lowest BCUT2D eigenvalue weighted by atomic mass is 9.88. The molecule has 98 valence electrons. The van der Waals surface area contributed by atoms with Gasteiger partial charge in [-0.15, -0.1) is 0 Å². The molecule has 0 radical (unpaired) electrons. The first-order valence-electron chi connectivity index (χ1n) is 7.14. The molecular weight excluding hydrogens is 222 g/mol. The standard InChI is InChI=1S/C16H23NO/c1-17-9-5-14(6-10-17)15-4-2-3-13(11-15)12-16(18)7-8-16/h2-4,11,14,18H,5-10,12H2,1H3. The maximum Gasteiger partial charge on any atom is 0.0690 e. The molecule has 1 saturated carbocycles. The molecule has 0 aromatic heterocycles. The first kappa shape index (κ1) is 12.2. The second-order valence-corrected chi connectivity index (χ2v) is 6.22. The molecule has 0 bridgehead atoms. The average Bonchev–Trinajstić information content (AvgIpc) is 3.08. The van der Waals surface area contributed by atoms with Crippen molar-refractivity contribution >= 4 is 0 Å². The van der Waals surface area contributed by atoms with E-state index in [4.69, 9.17) is 0 Å². The van der Waals surface area contributed by atoms with E-state index in [2.05, 4.69) is 36.2 Å². The average molecular weight is 245 g/mol. The highest BCUT2D eigenvalue weighted by molar-refractivity contribution is 5.28. The van der Waals surface area contributed by atoms with Gasteiger partial charge in [0.25, 0.3) is 0 Å². The van der Waals surface area contributed by atoms with E-state index in [1.807, 2.05) is 0 Å². The lowest BCUT2D eigenvalue weighted by molar-refractivity contribution is 0.151. The van der Waals surface area contributed by atoms with Crippen molar-refractivity contribution in [1.29, 1.82) is 0 Å². The van der Waals surface area contributed by atoms with E-state index in [-0.39, 0.29) is 5.60 Å². The van der Waals surface area contributed by atoms with E-state index < -0.39 is 0 Å². The molecule has 2 aliphatic rings. The van der Waals surface area contributed by atoms with E-state index in [0.717, 1.165) is 25.2 Å². The topological polar surface area (TPSA) is 23.5 Å². The molecule has 1 N–H and O–H groups in total. The van der Waals surface area contributed by atoms with Crippen molar-refractivity contribution in [2.24, 2.45) is 0 Å². The van der Waals surface area contributed by atoms with Crippen LogP contribution in [-0.4, -0.2) is 35.7 Å². The van der Waals surface area contributed by atoms with Gasteiger partial charge in [0.1, 0.15) is 0 Å². The minimum atomic E-state index is -0.370. The fourth-order valence-corrected chi connectivity index (χ4v) is 3.00. The van der Waals surface area contributed by atoms with Crippen LogP contribution in [0.3, 0.4) is 0 Å². The zero-order valence-electron chi connectivity index (χ0n) is 11.2. The predicted octanol–water partition coefficient (Wildman–Crippen LogP) is 2.56. The number of piperidine rings is 1. The Morgan fingerprint density at radius 1 is 1.28 bits per heavy atom. The van der Waals surface area contributed by atoms with Crippen molar-refractivity contribution in [1.82, 2.24) is 4.90 Å². The van der Waals surface area contributed by atoms with Gasteiger partial charge >= 0.3 is 0 Å². The van der Waals surface area contributed by atoms with E-state index in [1.54, 1.807) is 0 Å². The molecule has 2 fully saturated rings. The van der Waals surface area contributed by atoms with Gasteiger partial charge in [-0.2, -0.15) is 0 Å². The fourth-order valence-electron chi connectivity index (χ4n) is 3.00. The Morgan fingerprint density at radius 2 is 2.00 bits per heavy atom. The van der Waals surface area contributed by atoms with Gasteiger partial charge < -0.3 is 10.0 Å². The molecule has 1 heterocycles. The van der Waals surface area contributed by atoms with Crippen LogP contribution in [0.2, 0.25) is 0 Å². The Bertz CT molecular complexity index is 417. The number of aliphatic hydroxyl groups is 1.